The largest absolute Gasteiger partial charge is 0.506 e. The molecule has 0 unspecified atom stereocenters. The summed E-state index contributed by atoms with van der Waals surface area (Å²) in [4.78, 5) is 16.2. The Balaban J connectivity index is 1.57. The van der Waals surface area contributed by atoms with Gasteiger partial charge in [0.25, 0.3) is 0 Å². The summed E-state index contributed by atoms with van der Waals surface area (Å²) < 4.78 is 12.9. The summed E-state index contributed by atoms with van der Waals surface area (Å²) in [6, 6.07) is 13.3. The van der Waals surface area contributed by atoms with Crippen molar-refractivity contribution in [3.8, 4) is 5.75 Å². The van der Waals surface area contributed by atoms with Gasteiger partial charge in [-0.15, -0.1) is 0 Å². The molecule has 0 spiro atoms. The Hall–Kier alpha value is -2.56. The van der Waals surface area contributed by atoms with Gasteiger partial charge in [0.2, 0.25) is 5.91 Å². The van der Waals surface area contributed by atoms with E-state index in [1.54, 1.807) is 24.3 Å². The Kier molecular flexibility index (Phi) is 4.46. The number of phenolic OH excluding ortho intramolecular Hbond substituents is 1. The van der Waals surface area contributed by atoms with E-state index in [9.17, 15) is 14.3 Å². The van der Waals surface area contributed by atoms with E-state index in [-0.39, 0.29) is 23.9 Å². The van der Waals surface area contributed by atoms with E-state index >= 15 is 0 Å². The molecule has 5 heteroatoms. The highest BCUT2D eigenvalue weighted by Crippen LogP contribution is 2.27. The molecule has 0 bridgehead atoms. The van der Waals surface area contributed by atoms with Crippen molar-refractivity contribution in [2.45, 2.75) is 6.42 Å². The number of piperazine rings is 1. The molecule has 1 heterocycles. The first-order valence-electron chi connectivity index (χ1n) is 7.68. The summed E-state index contributed by atoms with van der Waals surface area (Å²) >= 11 is 0. The van der Waals surface area contributed by atoms with Crippen LogP contribution in [0.15, 0.2) is 48.5 Å². The van der Waals surface area contributed by atoms with Crippen molar-refractivity contribution in [3.05, 3.63) is 59.9 Å². The molecule has 120 valence electrons. The van der Waals surface area contributed by atoms with E-state index in [0.717, 1.165) is 11.3 Å². The molecular weight excluding hydrogens is 295 g/mol. The fourth-order valence-corrected chi connectivity index (χ4v) is 2.82. The maximum atomic E-state index is 12.9. The van der Waals surface area contributed by atoms with Crippen LogP contribution in [0.25, 0.3) is 0 Å². The number of aromatic hydroxyl groups is 1. The van der Waals surface area contributed by atoms with Crippen LogP contribution in [0.1, 0.15) is 5.56 Å². The van der Waals surface area contributed by atoms with Gasteiger partial charge in [-0.25, -0.2) is 4.39 Å². The first-order valence-corrected chi connectivity index (χ1v) is 7.68. The van der Waals surface area contributed by atoms with Crippen LogP contribution in [0.3, 0.4) is 0 Å². The molecule has 0 atom stereocenters. The van der Waals surface area contributed by atoms with Gasteiger partial charge in [-0.2, -0.15) is 0 Å². The SMILES string of the molecule is O=C(Cc1ccc(F)cc1)N1CCN(c2ccccc2O)CC1. The molecule has 3 rings (SSSR count). The normalized spacial score (nSPS) is 14.8. The van der Waals surface area contributed by atoms with Gasteiger partial charge in [0.05, 0.1) is 12.1 Å². The summed E-state index contributed by atoms with van der Waals surface area (Å²) in [7, 11) is 0. The summed E-state index contributed by atoms with van der Waals surface area (Å²) in [5, 5.41) is 9.90. The van der Waals surface area contributed by atoms with Gasteiger partial charge >= 0.3 is 0 Å². The minimum absolute atomic E-state index is 0.0496. The molecule has 1 fully saturated rings. The molecule has 1 aliphatic rings. The Bertz CT molecular complexity index is 680. The Morgan fingerprint density at radius 1 is 1.00 bits per heavy atom. The number of hydrogen-bond acceptors (Lipinski definition) is 3. The lowest BCUT2D eigenvalue weighted by Gasteiger charge is -2.36. The van der Waals surface area contributed by atoms with Crippen molar-refractivity contribution in [3.63, 3.8) is 0 Å². The van der Waals surface area contributed by atoms with Crippen molar-refractivity contribution < 1.29 is 14.3 Å². The highest BCUT2D eigenvalue weighted by molar-refractivity contribution is 5.79. The molecule has 1 aliphatic heterocycles. The topological polar surface area (TPSA) is 43.8 Å². The van der Waals surface area contributed by atoms with Crippen molar-refractivity contribution >= 4 is 11.6 Å². The number of hydrogen-bond donors (Lipinski definition) is 1. The zero-order chi connectivity index (χ0) is 16.2. The number of phenols is 1. The van der Waals surface area contributed by atoms with E-state index < -0.39 is 0 Å². The van der Waals surface area contributed by atoms with Gasteiger partial charge < -0.3 is 14.9 Å². The predicted molar refractivity (Wildman–Crippen MR) is 87.0 cm³/mol. The summed E-state index contributed by atoms with van der Waals surface area (Å²) in [5.74, 6) is 0.0182. The lowest BCUT2D eigenvalue weighted by Crippen LogP contribution is -2.49. The zero-order valence-electron chi connectivity index (χ0n) is 12.8. The molecule has 1 saturated heterocycles. The number of carbonyl (C=O) groups excluding carboxylic acids is 1. The van der Waals surface area contributed by atoms with Crippen LogP contribution >= 0.6 is 0 Å². The van der Waals surface area contributed by atoms with E-state index in [2.05, 4.69) is 4.90 Å². The van der Waals surface area contributed by atoms with Gasteiger partial charge in [-0.1, -0.05) is 24.3 Å². The predicted octanol–water partition coefficient (Wildman–Crippen LogP) is 2.42. The minimum atomic E-state index is -0.294. The Labute approximate surface area is 134 Å². The van der Waals surface area contributed by atoms with Crippen LogP contribution < -0.4 is 4.90 Å². The molecule has 0 aliphatic carbocycles. The van der Waals surface area contributed by atoms with E-state index in [4.69, 9.17) is 0 Å². The molecule has 2 aromatic rings. The van der Waals surface area contributed by atoms with Gasteiger partial charge in [-0.3, -0.25) is 4.79 Å². The van der Waals surface area contributed by atoms with Gasteiger partial charge in [0.15, 0.2) is 0 Å². The van der Waals surface area contributed by atoms with Crippen molar-refractivity contribution in [2.75, 3.05) is 31.1 Å². The summed E-state index contributed by atoms with van der Waals surface area (Å²) in [6.07, 6.45) is 0.289. The zero-order valence-corrected chi connectivity index (χ0v) is 12.8. The number of nitrogens with zero attached hydrogens (tertiary/aromatic N) is 2. The lowest BCUT2D eigenvalue weighted by molar-refractivity contribution is -0.130. The molecule has 0 radical (unpaired) electrons. The van der Waals surface area contributed by atoms with Crippen LogP contribution in [-0.4, -0.2) is 42.1 Å². The maximum Gasteiger partial charge on any atom is 0.227 e. The second-order valence-corrected chi connectivity index (χ2v) is 5.66. The monoisotopic (exact) mass is 314 g/mol. The fourth-order valence-electron chi connectivity index (χ4n) is 2.82. The number of carbonyl (C=O) groups is 1. The number of rotatable bonds is 3. The van der Waals surface area contributed by atoms with Crippen molar-refractivity contribution in [1.29, 1.82) is 0 Å². The van der Waals surface area contributed by atoms with E-state index in [1.807, 2.05) is 17.0 Å². The average Bonchev–Trinajstić information content (AvgIpc) is 2.57. The van der Waals surface area contributed by atoms with Gasteiger partial charge in [0.1, 0.15) is 11.6 Å². The van der Waals surface area contributed by atoms with Gasteiger partial charge in [0, 0.05) is 26.2 Å². The molecule has 0 aromatic heterocycles. The van der Waals surface area contributed by atoms with Crippen molar-refractivity contribution in [1.82, 2.24) is 4.90 Å². The smallest absolute Gasteiger partial charge is 0.227 e. The maximum absolute atomic E-state index is 12.9. The Morgan fingerprint density at radius 2 is 1.65 bits per heavy atom. The molecular formula is C18H19FN2O2. The second kappa shape index (κ2) is 6.69. The third-order valence-electron chi connectivity index (χ3n) is 4.12. The van der Waals surface area contributed by atoms with E-state index in [0.29, 0.717) is 26.2 Å². The number of halogens is 1. The lowest BCUT2D eigenvalue weighted by atomic mass is 10.1. The number of para-hydroxylation sites is 2. The standard InChI is InChI=1S/C18H19FN2O2/c19-15-7-5-14(6-8-15)13-18(23)21-11-9-20(10-12-21)16-3-1-2-4-17(16)22/h1-8,22H,9-13H2. The number of benzene rings is 2. The molecule has 1 amide bonds. The van der Waals surface area contributed by atoms with Crippen LogP contribution in [0.2, 0.25) is 0 Å². The first-order chi connectivity index (χ1) is 11.1. The van der Waals surface area contributed by atoms with Crippen molar-refractivity contribution in [2.24, 2.45) is 0 Å². The van der Waals surface area contributed by atoms with Gasteiger partial charge in [-0.05, 0) is 29.8 Å². The van der Waals surface area contributed by atoms with Crippen LogP contribution in [0.5, 0.6) is 5.75 Å². The van der Waals surface area contributed by atoms with Crippen LogP contribution in [0, 0.1) is 5.82 Å². The third-order valence-corrected chi connectivity index (χ3v) is 4.12. The highest BCUT2D eigenvalue weighted by Gasteiger charge is 2.22. The second-order valence-electron chi connectivity index (χ2n) is 5.66. The molecule has 1 N–H and O–H groups in total. The summed E-state index contributed by atoms with van der Waals surface area (Å²) in [5.41, 5.74) is 1.62. The number of anilines is 1. The quantitative estimate of drug-likeness (QED) is 0.946. The first kappa shape index (κ1) is 15.3. The average molecular weight is 314 g/mol. The number of amides is 1. The molecule has 0 saturated carbocycles. The van der Waals surface area contributed by atoms with E-state index in [1.165, 1.54) is 12.1 Å². The fraction of sp³-hybridized carbons (Fsp3) is 0.278. The molecule has 23 heavy (non-hydrogen) atoms. The molecule has 2 aromatic carbocycles. The minimum Gasteiger partial charge on any atom is -0.506 e. The molecule has 4 nitrogen and oxygen atoms in total. The summed E-state index contributed by atoms with van der Waals surface area (Å²) in [6.45, 7) is 2.61. The Morgan fingerprint density at radius 3 is 2.30 bits per heavy atom. The highest BCUT2D eigenvalue weighted by atomic mass is 19.1. The van der Waals surface area contributed by atoms with Crippen LogP contribution in [-0.2, 0) is 11.2 Å². The third kappa shape index (κ3) is 3.62. The van der Waals surface area contributed by atoms with Crippen LogP contribution in [0.4, 0.5) is 10.1 Å².